The quantitative estimate of drug-likeness (QED) is 0.187. The normalized spacial score (nSPS) is 27.1. The van der Waals surface area contributed by atoms with Crippen LogP contribution in [-0.4, -0.2) is 43.2 Å². The molecule has 0 bridgehead atoms. The van der Waals surface area contributed by atoms with Crippen LogP contribution in [0.2, 0.25) is 0 Å². The summed E-state index contributed by atoms with van der Waals surface area (Å²) in [6, 6.07) is 0. The monoisotopic (exact) mass is 571 g/mol. The highest BCUT2D eigenvalue weighted by atomic mass is 16.6. The first-order valence-electron chi connectivity index (χ1n) is 18.0. The van der Waals surface area contributed by atoms with Crippen LogP contribution in [0.5, 0.6) is 0 Å². The third kappa shape index (κ3) is 19.8. The molecular weight excluding hydrogens is 500 g/mol. The molecule has 5 heteroatoms. The molecule has 0 saturated heterocycles. The van der Waals surface area contributed by atoms with E-state index in [0.29, 0.717) is 12.8 Å². The summed E-state index contributed by atoms with van der Waals surface area (Å²) in [5, 5.41) is 51.6. The van der Waals surface area contributed by atoms with Gasteiger partial charge in [0.2, 0.25) is 11.6 Å². The van der Waals surface area contributed by atoms with Crippen molar-refractivity contribution in [1.82, 2.24) is 0 Å². The Bertz CT molecular complexity index is 536. The molecule has 0 spiro atoms. The fourth-order valence-electron chi connectivity index (χ4n) is 6.31. The molecule has 1 fully saturated rings. The maximum Gasteiger partial charge on any atom is 0.245 e. The minimum absolute atomic E-state index is 0.142. The van der Waals surface area contributed by atoms with E-state index in [2.05, 4.69) is 0 Å². The molecule has 0 aromatic heterocycles. The minimum atomic E-state index is -2.90. The van der Waals surface area contributed by atoms with Gasteiger partial charge in [-0.2, -0.15) is 0 Å². The maximum atomic E-state index is 10.3. The van der Waals surface area contributed by atoms with Gasteiger partial charge in [0, 0.05) is 6.42 Å². The second kappa shape index (κ2) is 25.3. The molecule has 0 radical (unpaired) electrons. The first-order chi connectivity index (χ1) is 19.4. The van der Waals surface area contributed by atoms with Crippen molar-refractivity contribution in [1.29, 1.82) is 0 Å². The number of aliphatic hydroxyl groups is 5. The molecule has 0 heterocycles. The van der Waals surface area contributed by atoms with Gasteiger partial charge in [-0.25, -0.2) is 0 Å². The third-order valence-corrected chi connectivity index (χ3v) is 9.31. The molecule has 0 aromatic carbocycles. The van der Waals surface area contributed by atoms with E-state index in [-0.39, 0.29) is 12.8 Å². The standard InChI is InChI=1S/C35H70O5/c36-33-31-29-27-25-23-21-19-17-15-13-11-9-7-5-3-1-2-4-6-8-10-12-14-16-18-20-22-24-26-28-30-32-34(37,38)35(33,39)40/h33,36-40H,1-32H2. The molecule has 5 nitrogen and oxygen atoms in total. The van der Waals surface area contributed by atoms with Gasteiger partial charge in [-0.1, -0.05) is 186 Å². The van der Waals surface area contributed by atoms with Gasteiger partial charge in [-0.05, 0) is 12.8 Å². The van der Waals surface area contributed by atoms with Crippen molar-refractivity contribution >= 4 is 0 Å². The van der Waals surface area contributed by atoms with Crippen molar-refractivity contribution in [2.75, 3.05) is 0 Å². The Morgan fingerprint density at radius 2 is 0.500 bits per heavy atom. The van der Waals surface area contributed by atoms with Crippen LogP contribution in [0, 0.1) is 0 Å². The summed E-state index contributed by atoms with van der Waals surface area (Å²) in [6.07, 6.45) is 35.8. The van der Waals surface area contributed by atoms with Gasteiger partial charge in [0.15, 0.2) is 0 Å². The number of hydrogen-bond donors (Lipinski definition) is 5. The number of rotatable bonds is 0. The molecule has 1 aliphatic carbocycles. The molecule has 5 N–H and O–H groups in total. The summed E-state index contributed by atoms with van der Waals surface area (Å²) in [7, 11) is 0. The molecule has 0 aliphatic heterocycles. The minimum Gasteiger partial charge on any atom is -0.387 e. The predicted molar refractivity (Wildman–Crippen MR) is 168 cm³/mol. The maximum absolute atomic E-state index is 10.3. The number of hydrogen-bond acceptors (Lipinski definition) is 5. The highest BCUT2D eigenvalue weighted by Crippen LogP contribution is 2.29. The molecule has 1 rings (SSSR count). The lowest BCUT2D eigenvalue weighted by molar-refractivity contribution is -0.386. The lowest BCUT2D eigenvalue weighted by Gasteiger charge is -2.38. The van der Waals surface area contributed by atoms with Crippen LogP contribution in [0.4, 0.5) is 0 Å². The Hall–Kier alpha value is -0.200. The Morgan fingerprint density at radius 1 is 0.300 bits per heavy atom. The van der Waals surface area contributed by atoms with Crippen LogP contribution in [-0.2, 0) is 0 Å². The zero-order chi connectivity index (χ0) is 29.2. The molecule has 0 amide bonds. The molecular formula is C35H70O5. The summed E-state index contributed by atoms with van der Waals surface area (Å²) >= 11 is 0. The molecule has 1 unspecified atom stereocenters. The Balaban J connectivity index is 2.28. The van der Waals surface area contributed by atoms with Crippen molar-refractivity contribution < 1.29 is 25.5 Å². The zero-order valence-corrected chi connectivity index (χ0v) is 26.4. The fraction of sp³-hybridized carbons (Fsp3) is 1.00. The summed E-state index contributed by atoms with van der Waals surface area (Å²) in [4.78, 5) is 0. The largest absolute Gasteiger partial charge is 0.387 e. The van der Waals surface area contributed by atoms with E-state index < -0.39 is 17.7 Å². The van der Waals surface area contributed by atoms with Crippen LogP contribution in [0.15, 0.2) is 0 Å². The highest BCUT2D eigenvalue weighted by molar-refractivity contribution is 4.88. The Kier molecular flexibility index (Phi) is 23.9. The molecule has 240 valence electrons. The second-order valence-corrected chi connectivity index (χ2v) is 13.2. The second-order valence-electron chi connectivity index (χ2n) is 13.2. The zero-order valence-electron chi connectivity index (χ0n) is 26.4. The lowest BCUT2D eigenvalue weighted by Crippen LogP contribution is -2.61. The molecule has 1 atom stereocenters. The van der Waals surface area contributed by atoms with Crippen molar-refractivity contribution in [3.05, 3.63) is 0 Å². The lowest BCUT2D eigenvalue weighted by atomic mass is 9.91. The molecule has 1 aliphatic rings. The smallest absolute Gasteiger partial charge is 0.245 e. The predicted octanol–water partition coefficient (Wildman–Crippen LogP) is 9.21. The van der Waals surface area contributed by atoms with Crippen molar-refractivity contribution in [2.24, 2.45) is 0 Å². The van der Waals surface area contributed by atoms with Gasteiger partial charge in [-0.15, -0.1) is 0 Å². The Labute approximate surface area is 248 Å². The van der Waals surface area contributed by atoms with Crippen LogP contribution < -0.4 is 0 Å². The average molecular weight is 571 g/mol. The van der Waals surface area contributed by atoms with Crippen molar-refractivity contribution in [3.63, 3.8) is 0 Å². The summed E-state index contributed by atoms with van der Waals surface area (Å²) in [5.74, 6) is -5.59. The van der Waals surface area contributed by atoms with Gasteiger partial charge < -0.3 is 25.5 Å². The molecule has 1 saturated carbocycles. The highest BCUT2D eigenvalue weighted by Gasteiger charge is 2.51. The topological polar surface area (TPSA) is 101 Å². The van der Waals surface area contributed by atoms with Crippen LogP contribution in [0.3, 0.4) is 0 Å². The van der Waals surface area contributed by atoms with Crippen molar-refractivity contribution in [3.8, 4) is 0 Å². The van der Waals surface area contributed by atoms with E-state index in [1.54, 1.807) is 0 Å². The van der Waals surface area contributed by atoms with E-state index in [0.717, 1.165) is 32.1 Å². The summed E-state index contributed by atoms with van der Waals surface area (Å²) < 4.78 is 0. The van der Waals surface area contributed by atoms with E-state index in [9.17, 15) is 25.5 Å². The molecule has 0 aromatic rings. The van der Waals surface area contributed by atoms with Crippen LogP contribution in [0.25, 0.3) is 0 Å². The van der Waals surface area contributed by atoms with Crippen molar-refractivity contribution in [2.45, 2.75) is 223 Å². The van der Waals surface area contributed by atoms with Crippen LogP contribution in [0.1, 0.15) is 205 Å². The van der Waals surface area contributed by atoms with Gasteiger partial charge in [0.25, 0.3) is 0 Å². The van der Waals surface area contributed by atoms with Gasteiger partial charge in [0.05, 0.1) is 0 Å². The summed E-state index contributed by atoms with van der Waals surface area (Å²) in [6.45, 7) is 0. The molecule has 40 heavy (non-hydrogen) atoms. The van der Waals surface area contributed by atoms with E-state index in [1.165, 1.54) is 148 Å². The van der Waals surface area contributed by atoms with Gasteiger partial charge in [-0.3, -0.25) is 0 Å². The SMILES string of the molecule is OC1CCCCCCCCCCCCCCCCCCCCCCCCCCCCCCCCC(O)(O)C1(O)O. The van der Waals surface area contributed by atoms with E-state index in [4.69, 9.17) is 0 Å². The number of aliphatic hydroxyl groups excluding tert-OH is 1. The average Bonchev–Trinajstić information content (AvgIpc) is 2.92. The summed E-state index contributed by atoms with van der Waals surface area (Å²) in [5.41, 5.74) is 0. The third-order valence-electron chi connectivity index (χ3n) is 9.31. The van der Waals surface area contributed by atoms with E-state index in [1.807, 2.05) is 0 Å². The van der Waals surface area contributed by atoms with Gasteiger partial charge >= 0.3 is 0 Å². The van der Waals surface area contributed by atoms with Crippen LogP contribution >= 0.6 is 0 Å². The first-order valence-corrected chi connectivity index (χ1v) is 18.0. The van der Waals surface area contributed by atoms with E-state index >= 15 is 0 Å². The fourth-order valence-corrected chi connectivity index (χ4v) is 6.31. The Morgan fingerprint density at radius 3 is 0.750 bits per heavy atom. The van der Waals surface area contributed by atoms with Gasteiger partial charge in [0.1, 0.15) is 6.10 Å². The first kappa shape index (κ1) is 37.8.